The molecule has 4 atom stereocenters. The minimum Gasteiger partial charge on any atom is -0.299 e. The predicted molar refractivity (Wildman–Crippen MR) is 166 cm³/mol. The third-order valence-corrected chi connectivity index (χ3v) is 8.98. The molecule has 3 aliphatic rings. The van der Waals surface area contributed by atoms with Crippen LogP contribution in [0.1, 0.15) is 138 Å². The highest BCUT2D eigenvalue weighted by Crippen LogP contribution is 2.58. The van der Waals surface area contributed by atoms with E-state index in [0.29, 0.717) is 11.2 Å². The zero-order chi connectivity index (χ0) is 27.7. The number of ketones is 1. The van der Waals surface area contributed by atoms with E-state index in [1.54, 1.807) is 5.57 Å². The molecule has 1 heteroatoms. The van der Waals surface area contributed by atoms with Gasteiger partial charge < -0.3 is 0 Å². The second-order valence-corrected chi connectivity index (χ2v) is 11.2. The smallest absolute Gasteiger partial charge is 0.136 e. The van der Waals surface area contributed by atoms with Crippen molar-refractivity contribution >= 4 is 5.78 Å². The van der Waals surface area contributed by atoms with Gasteiger partial charge in [0.25, 0.3) is 0 Å². The summed E-state index contributed by atoms with van der Waals surface area (Å²) in [5.41, 5.74) is 5.01. The monoisotopic (exact) mass is 508 g/mol. The molecule has 0 aromatic carbocycles. The van der Waals surface area contributed by atoms with Gasteiger partial charge in [-0.25, -0.2) is 0 Å². The van der Waals surface area contributed by atoms with Crippen LogP contribution in [-0.2, 0) is 4.79 Å². The van der Waals surface area contributed by atoms with Crippen LogP contribution < -0.4 is 0 Å². The first kappa shape index (κ1) is 33.4. The molecule has 0 amide bonds. The van der Waals surface area contributed by atoms with E-state index in [2.05, 4.69) is 51.3 Å². The summed E-state index contributed by atoms with van der Waals surface area (Å²) in [5, 5.41) is 0. The Labute approximate surface area is 231 Å². The van der Waals surface area contributed by atoms with E-state index in [1.165, 1.54) is 75.4 Å². The van der Waals surface area contributed by atoms with Gasteiger partial charge in [-0.3, -0.25) is 4.79 Å². The summed E-state index contributed by atoms with van der Waals surface area (Å²) in [7, 11) is 0. The van der Waals surface area contributed by atoms with Crippen molar-refractivity contribution in [2.24, 2.45) is 23.2 Å². The first-order valence-electron chi connectivity index (χ1n) is 15.9. The van der Waals surface area contributed by atoms with Gasteiger partial charge in [0.15, 0.2) is 0 Å². The van der Waals surface area contributed by atoms with Crippen LogP contribution in [0.3, 0.4) is 0 Å². The van der Waals surface area contributed by atoms with E-state index in [0.717, 1.165) is 43.9 Å². The first-order chi connectivity index (χ1) is 18.0. The van der Waals surface area contributed by atoms with Crippen LogP contribution in [0.25, 0.3) is 0 Å². The quantitative estimate of drug-likeness (QED) is 0.254. The third kappa shape index (κ3) is 9.88. The van der Waals surface area contributed by atoms with Crippen molar-refractivity contribution in [2.75, 3.05) is 0 Å². The van der Waals surface area contributed by atoms with Gasteiger partial charge in [0, 0.05) is 12.3 Å². The van der Waals surface area contributed by atoms with Gasteiger partial charge in [0.2, 0.25) is 0 Å². The fourth-order valence-corrected chi connectivity index (χ4v) is 6.77. The maximum absolute atomic E-state index is 12.5. The lowest BCUT2D eigenvalue weighted by atomic mass is 9.63. The van der Waals surface area contributed by atoms with Crippen LogP contribution in [0.2, 0.25) is 0 Å². The van der Waals surface area contributed by atoms with E-state index in [4.69, 9.17) is 0 Å². The van der Waals surface area contributed by atoms with Crippen molar-refractivity contribution in [1.82, 2.24) is 0 Å². The normalized spacial score (nSPS) is 28.2. The number of fused-ring (bicyclic) bond motifs is 1. The molecular formula is C36H60O. The number of carbonyl (C=O) groups is 1. The van der Waals surface area contributed by atoms with Crippen molar-refractivity contribution in [2.45, 2.75) is 138 Å². The SMILES string of the molecule is C=CC[C@@H](C/C=C/CC1CCC2/C(=C/C=C3/CCCCC3=C)CCCC12C)C(=O)CCCC.CC.CC. The summed E-state index contributed by atoms with van der Waals surface area (Å²) in [6.07, 6.45) is 28.9. The molecule has 210 valence electrons. The van der Waals surface area contributed by atoms with Crippen molar-refractivity contribution in [3.63, 3.8) is 0 Å². The lowest BCUT2D eigenvalue weighted by Crippen LogP contribution is -2.33. The van der Waals surface area contributed by atoms with E-state index in [1.807, 2.05) is 33.8 Å². The fourth-order valence-electron chi connectivity index (χ4n) is 6.77. The molecule has 3 rings (SSSR count). The Balaban J connectivity index is 0.00000163. The summed E-state index contributed by atoms with van der Waals surface area (Å²) in [6.45, 7) is 20.9. The molecule has 1 nitrogen and oxygen atoms in total. The topological polar surface area (TPSA) is 17.1 Å². The summed E-state index contributed by atoms with van der Waals surface area (Å²) in [5.74, 6) is 2.08. The van der Waals surface area contributed by atoms with Crippen molar-refractivity contribution in [3.8, 4) is 0 Å². The number of rotatable bonds is 11. The van der Waals surface area contributed by atoms with Gasteiger partial charge >= 0.3 is 0 Å². The molecule has 0 radical (unpaired) electrons. The maximum Gasteiger partial charge on any atom is 0.136 e. The van der Waals surface area contributed by atoms with Gasteiger partial charge in [-0.2, -0.15) is 0 Å². The van der Waals surface area contributed by atoms with Crippen LogP contribution in [0.5, 0.6) is 0 Å². The van der Waals surface area contributed by atoms with Crippen molar-refractivity contribution < 1.29 is 4.79 Å². The number of unbranched alkanes of at least 4 members (excludes halogenated alkanes) is 1. The third-order valence-electron chi connectivity index (χ3n) is 8.98. The molecular weight excluding hydrogens is 448 g/mol. The van der Waals surface area contributed by atoms with Crippen LogP contribution in [0.15, 0.2) is 60.3 Å². The first-order valence-corrected chi connectivity index (χ1v) is 15.9. The minimum atomic E-state index is 0.129. The fraction of sp³-hybridized carbons (Fsp3) is 0.694. The molecule has 0 heterocycles. The molecule has 3 aliphatic carbocycles. The second-order valence-electron chi connectivity index (χ2n) is 11.2. The summed E-state index contributed by atoms with van der Waals surface area (Å²) in [4.78, 5) is 12.5. The Morgan fingerprint density at radius 2 is 1.73 bits per heavy atom. The lowest BCUT2D eigenvalue weighted by molar-refractivity contribution is -0.122. The molecule has 0 spiro atoms. The predicted octanol–water partition coefficient (Wildman–Crippen LogP) is 11.5. The van der Waals surface area contributed by atoms with Crippen LogP contribution in [0, 0.1) is 23.2 Å². The van der Waals surface area contributed by atoms with Crippen LogP contribution in [-0.4, -0.2) is 5.78 Å². The van der Waals surface area contributed by atoms with Gasteiger partial charge in [0.05, 0.1) is 0 Å². The molecule has 0 saturated heterocycles. The Hall–Kier alpha value is -1.63. The van der Waals surface area contributed by atoms with Crippen LogP contribution in [0.4, 0.5) is 0 Å². The molecule has 0 N–H and O–H groups in total. The summed E-state index contributed by atoms with van der Waals surface area (Å²) >= 11 is 0. The molecule has 37 heavy (non-hydrogen) atoms. The van der Waals surface area contributed by atoms with E-state index in [9.17, 15) is 4.79 Å². The van der Waals surface area contributed by atoms with Gasteiger partial charge in [-0.15, -0.1) is 6.58 Å². The standard InChI is InChI=1S/C32H48O.2C2H6/c1-5-7-19-31(33)28(13-6-2)16-10-11-18-29-22-23-30-27(17-12-24-32(29,30)4)21-20-26-15-9-8-14-25(26)3;2*1-2/h6,10-11,20-21,28-30H,2-3,5,7-9,12-19,22-24H2,1,4H3;2*1-2H3/b11-10+,26-20-,27-21+;;/t28-,29?,30?,32?;;/m0../s1. The van der Waals surface area contributed by atoms with Gasteiger partial charge in [0.1, 0.15) is 5.78 Å². The van der Waals surface area contributed by atoms with Gasteiger partial charge in [-0.05, 0) is 106 Å². The number of hydrogen-bond acceptors (Lipinski definition) is 1. The number of hydrogen-bond donors (Lipinski definition) is 0. The molecule has 3 fully saturated rings. The molecule has 0 bridgehead atoms. The van der Waals surface area contributed by atoms with Crippen molar-refractivity contribution in [1.29, 1.82) is 0 Å². The highest BCUT2D eigenvalue weighted by Gasteiger charge is 2.48. The molecule has 3 saturated carbocycles. The Morgan fingerprint density at radius 1 is 1.00 bits per heavy atom. The number of allylic oxidation sites excluding steroid dienone is 8. The average molecular weight is 509 g/mol. The maximum atomic E-state index is 12.5. The zero-order valence-electron chi connectivity index (χ0n) is 25.5. The highest BCUT2D eigenvalue weighted by molar-refractivity contribution is 5.81. The molecule has 0 aliphatic heterocycles. The van der Waals surface area contributed by atoms with Gasteiger partial charge in [-0.1, -0.05) is 96.1 Å². The van der Waals surface area contributed by atoms with Crippen LogP contribution >= 0.6 is 0 Å². The highest BCUT2D eigenvalue weighted by atomic mass is 16.1. The largest absolute Gasteiger partial charge is 0.299 e. The summed E-state index contributed by atoms with van der Waals surface area (Å²) < 4.78 is 0. The number of Topliss-reactive ketones (excluding diaryl/α,β-unsaturated/α-hetero) is 1. The summed E-state index contributed by atoms with van der Waals surface area (Å²) in [6, 6.07) is 0. The number of carbonyl (C=O) groups excluding carboxylic acids is 1. The zero-order valence-corrected chi connectivity index (χ0v) is 25.5. The molecule has 0 aromatic rings. The van der Waals surface area contributed by atoms with E-state index < -0.39 is 0 Å². The lowest BCUT2D eigenvalue weighted by Gasteiger charge is -2.42. The van der Waals surface area contributed by atoms with E-state index >= 15 is 0 Å². The average Bonchev–Trinajstić information content (AvgIpc) is 3.27. The molecule has 0 aromatic heterocycles. The Morgan fingerprint density at radius 3 is 2.41 bits per heavy atom. The second kappa shape index (κ2) is 18.6. The minimum absolute atomic E-state index is 0.129. The Bertz CT molecular complexity index is 778. The molecule has 3 unspecified atom stereocenters. The van der Waals surface area contributed by atoms with E-state index in [-0.39, 0.29) is 5.92 Å². The Kier molecular flexibility index (Phi) is 16.8. The van der Waals surface area contributed by atoms with Crippen molar-refractivity contribution in [3.05, 3.63) is 60.3 Å².